The standard InChI is InChI=1S/C18H32N2O2/c1-6-9-18(4,5)17(21)19-13-16-14-20(11-12-22-16)10-7-8-15(2)3/h15-16H,6,9-14H2,1-5H3,(H,19,21)/t16-/m1/s1. The molecule has 126 valence electrons. The summed E-state index contributed by atoms with van der Waals surface area (Å²) in [7, 11) is 0. The van der Waals surface area contributed by atoms with Crippen LogP contribution in [-0.4, -0.2) is 49.7 Å². The summed E-state index contributed by atoms with van der Waals surface area (Å²) in [5.74, 6) is 6.94. The molecule has 0 unspecified atom stereocenters. The first kappa shape index (κ1) is 19.0. The summed E-state index contributed by atoms with van der Waals surface area (Å²) in [5.41, 5.74) is -0.300. The van der Waals surface area contributed by atoms with Gasteiger partial charge in [0.1, 0.15) is 0 Å². The summed E-state index contributed by atoms with van der Waals surface area (Å²) in [4.78, 5) is 14.5. The average Bonchev–Trinajstić information content (AvgIpc) is 2.44. The third-order valence-corrected chi connectivity index (χ3v) is 3.90. The van der Waals surface area contributed by atoms with Crippen LogP contribution in [0.15, 0.2) is 0 Å². The van der Waals surface area contributed by atoms with Crippen LogP contribution < -0.4 is 5.32 Å². The number of morpholine rings is 1. The highest BCUT2D eigenvalue weighted by molar-refractivity contribution is 5.81. The molecule has 1 fully saturated rings. The van der Waals surface area contributed by atoms with Gasteiger partial charge in [0.2, 0.25) is 5.91 Å². The molecular formula is C18H32N2O2. The highest BCUT2D eigenvalue weighted by Gasteiger charge is 2.27. The van der Waals surface area contributed by atoms with Gasteiger partial charge in [-0.15, -0.1) is 0 Å². The van der Waals surface area contributed by atoms with E-state index in [0.717, 1.165) is 32.5 Å². The second kappa shape index (κ2) is 9.17. The van der Waals surface area contributed by atoms with Crippen LogP contribution in [0.3, 0.4) is 0 Å². The van der Waals surface area contributed by atoms with Gasteiger partial charge >= 0.3 is 0 Å². The van der Waals surface area contributed by atoms with Crippen LogP contribution in [-0.2, 0) is 9.53 Å². The van der Waals surface area contributed by atoms with Crippen molar-refractivity contribution in [2.24, 2.45) is 11.3 Å². The van der Waals surface area contributed by atoms with Gasteiger partial charge in [-0.25, -0.2) is 0 Å². The molecule has 1 aliphatic rings. The van der Waals surface area contributed by atoms with E-state index in [4.69, 9.17) is 4.74 Å². The predicted octanol–water partition coefficient (Wildman–Crippen LogP) is 2.29. The molecule has 4 nitrogen and oxygen atoms in total. The number of nitrogens with zero attached hydrogens (tertiary/aromatic N) is 1. The molecule has 1 N–H and O–H groups in total. The largest absolute Gasteiger partial charge is 0.374 e. The second-order valence-corrected chi connectivity index (χ2v) is 7.05. The zero-order valence-corrected chi connectivity index (χ0v) is 14.9. The molecule has 1 atom stereocenters. The minimum atomic E-state index is -0.300. The molecule has 0 radical (unpaired) electrons. The van der Waals surface area contributed by atoms with Gasteiger partial charge < -0.3 is 10.1 Å². The molecule has 1 aliphatic heterocycles. The van der Waals surface area contributed by atoms with Crippen molar-refractivity contribution >= 4 is 5.91 Å². The molecule has 0 aromatic heterocycles. The number of ether oxygens (including phenoxy) is 1. The van der Waals surface area contributed by atoms with Crippen LogP contribution in [0.2, 0.25) is 0 Å². The van der Waals surface area contributed by atoms with E-state index < -0.39 is 0 Å². The van der Waals surface area contributed by atoms with Crippen molar-refractivity contribution in [2.75, 3.05) is 32.8 Å². The highest BCUT2D eigenvalue weighted by atomic mass is 16.5. The molecule has 0 spiro atoms. The highest BCUT2D eigenvalue weighted by Crippen LogP contribution is 2.22. The van der Waals surface area contributed by atoms with Crippen molar-refractivity contribution in [3.8, 4) is 11.8 Å². The molecule has 22 heavy (non-hydrogen) atoms. The average molecular weight is 308 g/mol. The predicted molar refractivity (Wildman–Crippen MR) is 90.5 cm³/mol. The fraction of sp³-hybridized carbons (Fsp3) is 0.833. The lowest BCUT2D eigenvalue weighted by Gasteiger charge is -2.32. The number of hydrogen-bond donors (Lipinski definition) is 1. The van der Waals surface area contributed by atoms with E-state index in [1.165, 1.54) is 0 Å². The van der Waals surface area contributed by atoms with Crippen molar-refractivity contribution in [2.45, 2.75) is 53.6 Å². The van der Waals surface area contributed by atoms with Crippen LogP contribution in [0.1, 0.15) is 47.5 Å². The van der Waals surface area contributed by atoms with Crippen molar-refractivity contribution in [3.05, 3.63) is 0 Å². The molecule has 1 amide bonds. The zero-order valence-electron chi connectivity index (χ0n) is 14.9. The molecule has 0 saturated carbocycles. The van der Waals surface area contributed by atoms with Crippen LogP contribution >= 0.6 is 0 Å². The molecule has 1 rings (SSSR count). The van der Waals surface area contributed by atoms with Gasteiger partial charge in [-0.3, -0.25) is 9.69 Å². The topological polar surface area (TPSA) is 41.6 Å². The first-order valence-corrected chi connectivity index (χ1v) is 8.45. The lowest BCUT2D eigenvalue weighted by Crippen LogP contribution is -2.49. The summed E-state index contributed by atoms with van der Waals surface area (Å²) < 4.78 is 5.75. The van der Waals surface area contributed by atoms with Crippen molar-refractivity contribution in [3.63, 3.8) is 0 Å². The summed E-state index contributed by atoms with van der Waals surface area (Å²) in [6.07, 6.45) is 1.99. The lowest BCUT2D eigenvalue weighted by atomic mass is 9.87. The maximum absolute atomic E-state index is 12.2. The monoisotopic (exact) mass is 308 g/mol. The van der Waals surface area contributed by atoms with Crippen molar-refractivity contribution in [1.82, 2.24) is 10.2 Å². The Morgan fingerprint density at radius 1 is 1.45 bits per heavy atom. The Balaban J connectivity index is 2.37. The van der Waals surface area contributed by atoms with Gasteiger partial charge in [0.25, 0.3) is 0 Å². The van der Waals surface area contributed by atoms with Crippen LogP contribution in [0, 0.1) is 23.2 Å². The number of hydrogen-bond acceptors (Lipinski definition) is 3. The first-order chi connectivity index (χ1) is 10.3. The smallest absolute Gasteiger partial charge is 0.225 e. The summed E-state index contributed by atoms with van der Waals surface area (Å²) in [6, 6.07) is 0. The Morgan fingerprint density at radius 2 is 2.18 bits per heavy atom. The Labute approximate surface area is 136 Å². The fourth-order valence-corrected chi connectivity index (χ4v) is 2.59. The SMILES string of the molecule is CCCC(C)(C)C(=O)NC[C@@H]1CN(CC#CC(C)C)CCO1. The van der Waals surface area contributed by atoms with Gasteiger partial charge in [0.05, 0.1) is 19.3 Å². The normalized spacial score (nSPS) is 19.6. The lowest BCUT2D eigenvalue weighted by molar-refractivity contribution is -0.130. The molecular weight excluding hydrogens is 276 g/mol. The van der Waals surface area contributed by atoms with Crippen molar-refractivity contribution in [1.29, 1.82) is 0 Å². The van der Waals surface area contributed by atoms with E-state index in [1.807, 2.05) is 13.8 Å². The number of nitrogens with one attached hydrogen (secondary N) is 1. The Kier molecular flexibility index (Phi) is 7.92. The van der Waals surface area contributed by atoms with E-state index in [0.29, 0.717) is 19.1 Å². The third-order valence-electron chi connectivity index (χ3n) is 3.90. The summed E-state index contributed by atoms with van der Waals surface area (Å²) >= 11 is 0. The van der Waals surface area contributed by atoms with Crippen LogP contribution in [0.4, 0.5) is 0 Å². The van der Waals surface area contributed by atoms with Gasteiger partial charge in [-0.1, -0.05) is 52.9 Å². The Hall–Kier alpha value is -1.05. The van der Waals surface area contributed by atoms with E-state index >= 15 is 0 Å². The summed E-state index contributed by atoms with van der Waals surface area (Å²) in [6.45, 7) is 14.1. The van der Waals surface area contributed by atoms with Crippen molar-refractivity contribution < 1.29 is 9.53 Å². The Bertz CT molecular complexity index is 407. The Morgan fingerprint density at radius 3 is 2.82 bits per heavy atom. The molecule has 1 saturated heterocycles. The van der Waals surface area contributed by atoms with E-state index in [2.05, 4.69) is 42.8 Å². The van der Waals surface area contributed by atoms with Crippen LogP contribution in [0.25, 0.3) is 0 Å². The number of carbonyl (C=O) groups is 1. The third kappa shape index (κ3) is 6.81. The molecule has 0 aromatic carbocycles. The van der Waals surface area contributed by atoms with E-state index in [-0.39, 0.29) is 17.4 Å². The van der Waals surface area contributed by atoms with E-state index in [9.17, 15) is 4.79 Å². The molecule has 0 aromatic rings. The summed E-state index contributed by atoms with van der Waals surface area (Å²) in [5, 5.41) is 3.05. The van der Waals surface area contributed by atoms with Gasteiger partial charge in [-0.2, -0.15) is 0 Å². The number of amides is 1. The molecule has 0 aliphatic carbocycles. The zero-order chi connectivity index (χ0) is 16.6. The number of carbonyl (C=O) groups excluding carboxylic acids is 1. The van der Waals surface area contributed by atoms with Crippen LogP contribution in [0.5, 0.6) is 0 Å². The van der Waals surface area contributed by atoms with Gasteiger partial charge in [-0.05, 0) is 6.42 Å². The molecule has 1 heterocycles. The quantitative estimate of drug-likeness (QED) is 0.766. The maximum atomic E-state index is 12.2. The maximum Gasteiger partial charge on any atom is 0.225 e. The van der Waals surface area contributed by atoms with Gasteiger partial charge in [0.15, 0.2) is 0 Å². The van der Waals surface area contributed by atoms with Gasteiger partial charge in [0, 0.05) is 31.0 Å². The molecule has 4 heteroatoms. The first-order valence-electron chi connectivity index (χ1n) is 8.45. The van der Waals surface area contributed by atoms with E-state index in [1.54, 1.807) is 0 Å². The fourth-order valence-electron chi connectivity index (χ4n) is 2.59. The second-order valence-electron chi connectivity index (χ2n) is 7.05. The minimum Gasteiger partial charge on any atom is -0.374 e. The minimum absolute atomic E-state index is 0.0657. The number of rotatable bonds is 6. The molecule has 0 bridgehead atoms.